The van der Waals surface area contributed by atoms with Gasteiger partial charge in [-0.05, 0) is 38.0 Å². The van der Waals surface area contributed by atoms with Gasteiger partial charge in [-0.15, -0.1) is 0 Å². The van der Waals surface area contributed by atoms with Crippen LogP contribution in [0.15, 0.2) is 12.1 Å². The van der Waals surface area contributed by atoms with Crippen LogP contribution in [0, 0.1) is 0 Å². The smallest absolute Gasteiger partial charge is 0.129 e. The molecule has 4 heteroatoms. The third-order valence-corrected chi connectivity index (χ3v) is 3.08. The molecule has 0 aromatic carbocycles. The Bertz CT molecular complexity index is 368. The molecule has 4 nitrogen and oxygen atoms in total. The fourth-order valence-corrected chi connectivity index (χ4v) is 2.05. The van der Waals surface area contributed by atoms with Gasteiger partial charge in [0, 0.05) is 31.9 Å². The van der Waals surface area contributed by atoms with Crippen molar-refractivity contribution < 1.29 is 4.74 Å². The number of nitrogens with two attached hydrogens (primary N) is 1. The normalized spacial score (nSPS) is 10.7. The molecule has 0 atom stereocenters. The number of nitrogens with zero attached hydrogens (tertiary/aromatic N) is 2. The van der Waals surface area contributed by atoms with Gasteiger partial charge in [-0.25, -0.2) is 4.98 Å². The summed E-state index contributed by atoms with van der Waals surface area (Å²) in [7, 11) is 0. The van der Waals surface area contributed by atoms with E-state index in [-0.39, 0.29) is 0 Å². The number of aryl methyl sites for hydroxylation is 1. The number of rotatable bonds is 9. The molecule has 0 bridgehead atoms. The minimum Gasteiger partial charge on any atom is -0.380 e. The first-order valence-corrected chi connectivity index (χ1v) is 7.27. The maximum absolute atomic E-state index is 5.78. The fraction of sp³-hybridized carbons (Fsp3) is 0.667. The van der Waals surface area contributed by atoms with E-state index in [1.54, 1.807) is 0 Å². The predicted molar refractivity (Wildman–Crippen MR) is 80.5 cm³/mol. The highest BCUT2D eigenvalue weighted by atomic mass is 16.5. The summed E-state index contributed by atoms with van der Waals surface area (Å²) < 4.78 is 5.43. The number of hydrogen-bond acceptors (Lipinski definition) is 4. The quantitative estimate of drug-likeness (QED) is 0.696. The molecule has 0 amide bonds. The molecule has 0 aliphatic heterocycles. The zero-order valence-electron chi connectivity index (χ0n) is 12.5. The summed E-state index contributed by atoms with van der Waals surface area (Å²) in [6, 6.07) is 4.21. The minimum atomic E-state index is 0.565. The Hall–Kier alpha value is -1.13. The molecule has 108 valence electrons. The molecule has 1 rings (SSSR count). The first-order chi connectivity index (χ1) is 9.24. The molecule has 0 spiro atoms. The van der Waals surface area contributed by atoms with Crippen LogP contribution in [0.2, 0.25) is 0 Å². The number of aromatic nitrogens is 1. The SMILES string of the molecule is CCCc1cc(CN)cc(N(CC)CCOCC)n1. The van der Waals surface area contributed by atoms with Crippen molar-refractivity contribution in [2.75, 3.05) is 31.2 Å². The number of ether oxygens (including phenoxy) is 1. The lowest BCUT2D eigenvalue weighted by molar-refractivity contribution is 0.154. The second-order valence-electron chi connectivity index (χ2n) is 4.56. The van der Waals surface area contributed by atoms with E-state index in [0.29, 0.717) is 6.54 Å². The van der Waals surface area contributed by atoms with Crippen molar-refractivity contribution in [2.24, 2.45) is 5.73 Å². The summed E-state index contributed by atoms with van der Waals surface area (Å²) in [5, 5.41) is 0. The fourth-order valence-electron chi connectivity index (χ4n) is 2.05. The zero-order chi connectivity index (χ0) is 14.1. The van der Waals surface area contributed by atoms with E-state index in [1.165, 1.54) is 0 Å². The molecule has 1 heterocycles. The summed E-state index contributed by atoms with van der Waals surface area (Å²) in [5.74, 6) is 1.02. The van der Waals surface area contributed by atoms with Crippen molar-refractivity contribution in [3.63, 3.8) is 0 Å². The number of pyridine rings is 1. The van der Waals surface area contributed by atoms with Crippen molar-refractivity contribution >= 4 is 5.82 Å². The van der Waals surface area contributed by atoms with Crippen LogP contribution in [0.4, 0.5) is 5.82 Å². The van der Waals surface area contributed by atoms with Crippen molar-refractivity contribution in [1.82, 2.24) is 4.98 Å². The standard InChI is InChI=1S/C15H27N3O/c1-4-7-14-10-13(12-16)11-15(17-14)18(5-2)8-9-19-6-3/h10-11H,4-9,12,16H2,1-3H3. The molecular formula is C15H27N3O. The van der Waals surface area contributed by atoms with Gasteiger partial charge in [0.25, 0.3) is 0 Å². The lowest BCUT2D eigenvalue weighted by Crippen LogP contribution is -2.28. The van der Waals surface area contributed by atoms with E-state index in [2.05, 4.69) is 30.9 Å². The lowest BCUT2D eigenvalue weighted by Gasteiger charge is -2.23. The molecule has 19 heavy (non-hydrogen) atoms. The summed E-state index contributed by atoms with van der Waals surface area (Å²) in [4.78, 5) is 6.98. The third kappa shape index (κ3) is 5.17. The van der Waals surface area contributed by atoms with Crippen molar-refractivity contribution in [3.8, 4) is 0 Å². The van der Waals surface area contributed by atoms with Crippen LogP contribution >= 0.6 is 0 Å². The van der Waals surface area contributed by atoms with Gasteiger partial charge in [0.15, 0.2) is 0 Å². The summed E-state index contributed by atoms with van der Waals surface area (Å²) in [6.07, 6.45) is 2.11. The van der Waals surface area contributed by atoms with E-state index < -0.39 is 0 Å². The molecule has 0 saturated heterocycles. The van der Waals surface area contributed by atoms with Gasteiger partial charge in [0.2, 0.25) is 0 Å². The van der Waals surface area contributed by atoms with E-state index in [9.17, 15) is 0 Å². The van der Waals surface area contributed by atoms with Crippen LogP contribution in [0.5, 0.6) is 0 Å². The zero-order valence-corrected chi connectivity index (χ0v) is 12.5. The Kier molecular flexibility index (Phi) is 7.45. The first kappa shape index (κ1) is 15.9. The second kappa shape index (κ2) is 8.88. The first-order valence-electron chi connectivity index (χ1n) is 7.27. The van der Waals surface area contributed by atoms with Crippen LogP contribution in [-0.2, 0) is 17.7 Å². The second-order valence-corrected chi connectivity index (χ2v) is 4.56. The van der Waals surface area contributed by atoms with Gasteiger partial charge >= 0.3 is 0 Å². The molecule has 0 fully saturated rings. The summed E-state index contributed by atoms with van der Waals surface area (Å²) >= 11 is 0. The number of likely N-dealkylation sites (N-methyl/N-ethyl adjacent to an activating group) is 1. The molecule has 0 radical (unpaired) electrons. The van der Waals surface area contributed by atoms with Crippen LogP contribution in [0.25, 0.3) is 0 Å². The molecule has 1 aromatic heterocycles. The third-order valence-electron chi connectivity index (χ3n) is 3.08. The highest BCUT2D eigenvalue weighted by molar-refractivity contribution is 5.42. The Balaban J connectivity index is 2.84. The minimum absolute atomic E-state index is 0.565. The Labute approximate surface area is 117 Å². The van der Waals surface area contributed by atoms with Gasteiger partial charge in [0.05, 0.1) is 6.61 Å². The van der Waals surface area contributed by atoms with Gasteiger partial charge in [-0.3, -0.25) is 0 Å². The van der Waals surface area contributed by atoms with E-state index in [1.807, 2.05) is 6.92 Å². The maximum atomic E-state index is 5.78. The Morgan fingerprint density at radius 2 is 2.05 bits per heavy atom. The average Bonchev–Trinajstić information content (AvgIpc) is 2.43. The van der Waals surface area contributed by atoms with Crippen molar-refractivity contribution in [1.29, 1.82) is 0 Å². The highest BCUT2D eigenvalue weighted by Gasteiger charge is 2.08. The van der Waals surface area contributed by atoms with Crippen LogP contribution in [0.3, 0.4) is 0 Å². The molecule has 1 aromatic rings. The molecule has 2 N–H and O–H groups in total. The maximum Gasteiger partial charge on any atom is 0.129 e. The van der Waals surface area contributed by atoms with Crippen molar-refractivity contribution in [2.45, 2.75) is 40.2 Å². The van der Waals surface area contributed by atoms with Crippen LogP contribution < -0.4 is 10.6 Å². The predicted octanol–water partition coefficient (Wildman–Crippen LogP) is 2.36. The number of anilines is 1. The molecule has 0 unspecified atom stereocenters. The lowest BCUT2D eigenvalue weighted by atomic mass is 10.1. The highest BCUT2D eigenvalue weighted by Crippen LogP contribution is 2.16. The van der Waals surface area contributed by atoms with Gasteiger partial charge in [0.1, 0.15) is 5.82 Å². The topological polar surface area (TPSA) is 51.4 Å². The van der Waals surface area contributed by atoms with Gasteiger partial charge in [-0.2, -0.15) is 0 Å². The van der Waals surface area contributed by atoms with Crippen LogP contribution in [-0.4, -0.2) is 31.3 Å². The van der Waals surface area contributed by atoms with E-state index in [4.69, 9.17) is 15.5 Å². The van der Waals surface area contributed by atoms with Gasteiger partial charge < -0.3 is 15.4 Å². The monoisotopic (exact) mass is 265 g/mol. The molecule has 0 aliphatic rings. The Morgan fingerprint density at radius 3 is 2.63 bits per heavy atom. The largest absolute Gasteiger partial charge is 0.380 e. The molecule has 0 saturated carbocycles. The molecule has 0 aliphatic carbocycles. The van der Waals surface area contributed by atoms with E-state index in [0.717, 1.165) is 56.2 Å². The average molecular weight is 265 g/mol. The molecular weight excluding hydrogens is 238 g/mol. The summed E-state index contributed by atoms with van der Waals surface area (Å²) in [6.45, 7) is 10.2. The van der Waals surface area contributed by atoms with Crippen molar-refractivity contribution in [3.05, 3.63) is 23.4 Å². The van der Waals surface area contributed by atoms with E-state index >= 15 is 0 Å². The Morgan fingerprint density at radius 1 is 1.26 bits per heavy atom. The number of hydrogen-bond donors (Lipinski definition) is 1. The van der Waals surface area contributed by atoms with Gasteiger partial charge in [-0.1, -0.05) is 13.3 Å². The van der Waals surface area contributed by atoms with Crippen LogP contribution in [0.1, 0.15) is 38.4 Å². The summed E-state index contributed by atoms with van der Waals surface area (Å²) in [5.41, 5.74) is 8.07.